The molecule has 0 heterocycles. The molecule has 0 amide bonds. The summed E-state index contributed by atoms with van der Waals surface area (Å²) in [6.45, 7) is 13.3. The van der Waals surface area contributed by atoms with E-state index in [2.05, 4.69) is 233 Å². The van der Waals surface area contributed by atoms with Crippen LogP contribution in [0.2, 0.25) is 0 Å². The van der Waals surface area contributed by atoms with Gasteiger partial charge in [-0.1, -0.05) is 133 Å². The minimum atomic E-state index is -0.182. The second-order valence-electron chi connectivity index (χ2n) is 16.2. The lowest BCUT2D eigenvalue weighted by atomic mass is 9.78. The van der Waals surface area contributed by atoms with E-state index < -0.39 is 0 Å². The molecule has 9 rings (SSSR count). The standard InChI is InChI=1S/C55H48N2/c1-37-17-25-44(26-18-37)56(45-27-19-38(2)20-28-45)48-13-9-11-41(33-48)43-35-51(54-52(36-43)50-15-7-8-16-53(50)55(54,5)6)42-12-10-14-49(34-42)57(46-29-21-39(3)22-30-46)47-31-23-40(4)24-32-47/h7-36H,1-6H3. The Morgan fingerprint density at radius 3 is 1.19 bits per heavy atom. The summed E-state index contributed by atoms with van der Waals surface area (Å²) in [5.74, 6) is 0. The molecule has 0 unspecified atom stereocenters. The number of hydrogen-bond acceptors (Lipinski definition) is 2. The lowest BCUT2D eigenvalue weighted by Crippen LogP contribution is -2.16. The molecule has 57 heavy (non-hydrogen) atoms. The highest BCUT2D eigenvalue weighted by Gasteiger charge is 2.38. The van der Waals surface area contributed by atoms with Crippen molar-refractivity contribution >= 4 is 34.1 Å². The van der Waals surface area contributed by atoms with E-state index in [4.69, 9.17) is 0 Å². The summed E-state index contributed by atoms with van der Waals surface area (Å²) >= 11 is 0. The molecule has 0 bridgehead atoms. The molecule has 0 radical (unpaired) electrons. The normalized spacial score (nSPS) is 12.5. The first kappa shape index (κ1) is 36.0. The topological polar surface area (TPSA) is 6.48 Å². The Bertz CT molecular complexity index is 2630. The van der Waals surface area contributed by atoms with Gasteiger partial charge in [0, 0.05) is 39.5 Å². The van der Waals surface area contributed by atoms with Crippen LogP contribution in [0.4, 0.5) is 34.1 Å². The van der Waals surface area contributed by atoms with Crippen LogP contribution in [0.25, 0.3) is 33.4 Å². The summed E-state index contributed by atoms with van der Waals surface area (Å²) in [6, 6.07) is 67.4. The van der Waals surface area contributed by atoms with Gasteiger partial charge in [-0.15, -0.1) is 0 Å². The van der Waals surface area contributed by atoms with E-state index in [9.17, 15) is 0 Å². The number of fused-ring (bicyclic) bond motifs is 3. The highest BCUT2D eigenvalue weighted by molar-refractivity contribution is 5.94. The largest absolute Gasteiger partial charge is 0.310 e. The van der Waals surface area contributed by atoms with E-state index in [1.807, 2.05) is 0 Å². The zero-order valence-electron chi connectivity index (χ0n) is 33.7. The van der Waals surface area contributed by atoms with Crippen molar-refractivity contribution in [3.8, 4) is 33.4 Å². The average Bonchev–Trinajstić information content (AvgIpc) is 3.47. The van der Waals surface area contributed by atoms with Crippen LogP contribution in [0.5, 0.6) is 0 Å². The van der Waals surface area contributed by atoms with Gasteiger partial charge in [-0.2, -0.15) is 0 Å². The molecule has 1 aliphatic carbocycles. The zero-order valence-corrected chi connectivity index (χ0v) is 33.7. The minimum absolute atomic E-state index is 0.182. The first-order valence-electron chi connectivity index (χ1n) is 20.0. The molecule has 278 valence electrons. The Kier molecular flexibility index (Phi) is 9.14. The molecular weight excluding hydrogens is 689 g/mol. The Morgan fingerprint density at radius 2 is 0.719 bits per heavy atom. The predicted octanol–water partition coefficient (Wildman–Crippen LogP) is 15.5. The number of benzene rings is 8. The molecule has 0 atom stereocenters. The molecule has 2 heteroatoms. The van der Waals surface area contributed by atoms with Crippen LogP contribution in [-0.4, -0.2) is 0 Å². The summed E-state index contributed by atoms with van der Waals surface area (Å²) < 4.78 is 0. The van der Waals surface area contributed by atoms with Crippen molar-refractivity contribution in [3.63, 3.8) is 0 Å². The van der Waals surface area contributed by atoms with Crippen LogP contribution in [0.3, 0.4) is 0 Å². The van der Waals surface area contributed by atoms with Crippen LogP contribution in [-0.2, 0) is 5.41 Å². The van der Waals surface area contributed by atoms with Crippen molar-refractivity contribution in [1.82, 2.24) is 0 Å². The van der Waals surface area contributed by atoms with Crippen LogP contribution in [0.15, 0.2) is 182 Å². The first-order chi connectivity index (χ1) is 27.6. The lowest BCUT2D eigenvalue weighted by molar-refractivity contribution is 0.662. The third-order valence-electron chi connectivity index (χ3n) is 11.7. The molecule has 2 nitrogen and oxygen atoms in total. The van der Waals surface area contributed by atoms with Crippen molar-refractivity contribution in [2.75, 3.05) is 9.80 Å². The maximum absolute atomic E-state index is 2.44. The average molecular weight is 737 g/mol. The fraction of sp³-hybridized carbons (Fsp3) is 0.127. The summed E-state index contributed by atoms with van der Waals surface area (Å²) in [6.07, 6.45) is 0. The molecule has 0 spiro atoms. The number of rotatable bonds is 8. The molecule has 0 aromatic heterocycles. The van der Waals surface area contributed by atoms with E-state index in [1.165, 1.54) is 66.8 Å². The molecule has 0 aliphatic heterocycles. The van der Waals surface area contributed by atoms with E-state index in [0.717, 1.165) is 34.1 Å². The fourth-order valence-corrected chi connectivity index (χ4v) is 8.63. The third kappa shape index (κ3) is 6.72. The Labute approximate surface area is 338 Å². The fourth-order valence-electron chi connectivity index (χ4n) is 8.63. The van der Waals surface area contributed by atoms with E-state index in [1.54, 1.807) is 0 Å². The summed E-state index contributed by atoms with van der Waals surface area (Å²) in [7, 11) is 0. The van der Waals surface area contributed by atoms with Gasteiger partial charge in [0.1, 0.15) is 0 Å². The third-order valence-corrected chi connectivity index (χ3v) is 11.7. The Balaban J connectivity index is 1.23. The summed E-state index contributed by atoms with van der Waals surface area (Å²) in [5.41, 5.74) is 21.8. The maximum Gasteiger partial charge on any atom is 0.0467 e. The quantitative estimate of drug-likeness (QED) is 0.153. The Hall–Kier alpha value is -6.64. The number of aryl methyl sites for hydroxylation is 4. The van der Waals surface area contributed by atoms with Gasteiger partial charge in [0.15, 0.2) is 0 Å². The molecule has 8 aromatic rings. The lowest BCUT2D eigenvalue weighted by Gasteiger charge is -2.28. The van der Waals surface area contributed by atoms with Gasteiger partial charge >= 0.3 is 0 Å². The van der Waals surface area contributed by atoms with Gasteiger partial charge in [-0.3, -0.25) is 0 Å². The smallest absolute Gasteiger partial charge is 0.0467 e. The second-order valence-corrected chi connectivity index (χ2v) is 16.2. The van der Waals surface area contributed by atoms with Gasteiger partial charge in [-0.25, -0.2) is 0 Å². The van der Waals surface area contributed by atoms with Gasteiger partial charge in [0.2, 0.25) is 0 Å². The van der Waals surface area contributed by atoms with E-state index in [-0.39, 0.29) is 5.41 Å². The number of hydrogen-bond donors (Lipinski definition) is 0. The summed E-state index contributed by atoms with van der Waals surface area (Å²) in [4.78, 5) is 4.74. The first-order valence-corrected chi connectivity index (χ1v) is 20.0. The van der Waals surface area contributed by atoms with Crippen LogP contribution in [0.1, 0.15) is 47.2 Å². The minimum Gasteiger partial charge on any atom is -0.310 e. The highest BCUT2D eigenvalue weighted by atomic mass is 15.1. The highest BCUT2D eigenvalue weighted by Crippen LogP contribution is 2.54. The van der Waals surface area contributed by atoms with Gasteiger partial charge < -0.3 is 9.80 Å². The van der Waals surface area contributed by atoms with Crippen LogP contribution in [0, 0.1) is 27.7 Å². The second kappa shape index (κ2) is 14.5. The molecule has 1 aliphatic rings. The molecular formula is C55H48N2. The van der Waals surface area contributed by atoms with Crippen molar-refractivity contribution in [2.45, 2.75) is 47.0 Å². The van der Waals surface area contributed by atoms with Crippen LogP contribution < -0.4 is 9.80 Å². The zero-order chi connectivity index (χ0) is 39.3. The van der Waals surface area contributed by atoms with Gasteiger partial charge in [0.25, 0.3) is 0 Å². The Morgan fingerprint density at radius 1 is 0.316 bits per heavy atom. The number of nitrogens with zero attached hydrogens (tertiary/aromatic N) is 2. The SMILES string of the molecule is Cc1ccc(N(c2ccc(C)cc2)c2cccc(-c3cc(-c4cccc(N(c5ccc(C)cc5)c5ccc(C)cc5)c4)c4c(c3)-c3ccccc3C4(C)C)c2)cc1. The van der Waals surface area contributed by atoms with E-state index >= 15 is 0 Å². The predicted molar refractivity (Wildman–Crippen MR) is 243 cm³/mol. The van der Waals surface area contributed by atoms with Gasteiger partial charge in [0.05, 0.1) is 0 Å². The van der Waals surface area contributed by atoms with Crippen molar-refractivity contribution in [3.05, 3.63) is 215 Å². The monoisotopic (exact) mass is 736 g/mol. The summed E-state index contributed by atoms with van der Waals surface area (Å²) in [5, 5.41) is 0. The van der Waals surface area contributed by atoms with E-state index in [0.29, 0.717) is 0 Å². The van der Waals surface area contributed by atoms with Crippen molar-refractivity contribution < 1.29 is 0 Å². The van der Waals surface area contributed by atoms with Gasteiger partial charge in [-0.05, 0) is 157 Å². The number of anilines is 6. The molecule has 0 N–H and O–H groups in total. The van der Waals surface area contributed by atoms with Crippen LogP contribution >= 0.6 is 0 Å². The molecule has 8 aromatic carbocycles. The molecule has 0 saturated carbocycles. The molecule has 0 fully saturated rings. The van der Waals surface area contributed by atoms with Crippen molar-refractivity contribution in [2.24, 2.45) is 0 Å². The molecule has 0 saturated heterocycles. The van der Waals surface area contributed by atoms with Crippen molar-refractivity contribution in [1.29, 1.82) is 0 Å². The maximum atomic E-state index is 2.44.